The zero-order valence-electron chi connectivity index (χ0n) is 15.6. The molecule has 0 spiro atoms. The highest BCUT2D eigenvalue weighted by Gasteiger charge is 2.18. The van der Waals surface area contributed by atoms with Gasteiger partial charge in [0.2, 0.25) is 5.91 Å². The predicted octanol–water partition coefficient (Wildman–Crippen LogP) is 4.01. The monoisotopic (exact) mass is 338 g/mol. The fraction of sp³-hybridized carbons (Fsp3) is 0.333. The zero-order valence-corrected chi connectivity index (χ0v) is 15.6. The summed E-state index contributed by atoms with van der Waals surface area (Å²) in [6.07, 6.45) is 0.274. The van der Waals surface area contributed by atoms with Gasteiger partial charge in [-0.15, -0.1) is 0 Å². The Morgan fingerprint density at radius 3 is 2.28 bits per heavy atom. The number of rotatable bonds is 4. The second kappa shape index (κ2) is 7.51. The molecule has 2 aromatic rings. The van der Waals surface area contributed by atoms with E-state index in [9.17, 15) is 9.59 Å². The summed E-state index contributed by atoms with van der Waals surface area (Å²) in [6.45, 7) is 9.84. The Kier molecular flexibility index (Phi) is 5.62. The number of hydrogen-bond donors (Lipinski definition) is 2. The van der Waals surface area contributed by atoms with Crippen molar-refractivity contribution in [1.29, 1.82) is 0 Å². The molecule has 0 aliphatic carbocycles. The van der Waals surface area contributed by atoms with Crippen LogP contribution in [0.1, 0.15) is 47.8 Å². The van der Waals surface area contributed by atoms with Crippen LogP contribution in [-0.4, -0.2) is 17.4 Å². The van der Waals surface area contributed by atoms with Gasteiger partial charge in [-0.3, -0.25) is 9.59 Å². The van der Waals surface area contributed by atoms with Crippen LogP contribution in [0.2, 0.25) is 0 Å². The van der Waals surface area contributed by atoms with Crippen molar-refractivity contribution in [3.8, 4) is 0 Å². The largest absolute Gasteiger partial charge is 0.347 e. The minimum atomic E-state index is -0.340. The van der Waals surface area contributed by atoms with E-state index < -0.39 is 0 Å². The van der Waals surface area contributed by atoms with Crippen molar-refractivity contribution in [2.75, 3.05) is 5.32 Å². The Bertz CT molecular complexity index is 789. The predicted molar refractivity (Wildman–Crippen MR) is 102 cm³/mol. The molecule has 0 heterocycles. The third-order valence-corrected chi connectivity index (χ3v) is 3.87. The van der Waals surface area contributed by atoms with Gasteiger partial charge in [0.15, 0.2) is 0 Å². The Labute approximate surface area is 149 Å². The molecule has 2 amide bonds. The maximum atomic E-state index is 12.4. The summed E-state index contributed by atoms with van der Waals surface area (Å²) in [7, 11) is 0. The second-order valence-electron chi connectivity index (χ2n) is 7.39. The molecule has 4 heteroatoms. The number of carbonyl (C=O) groups is 2. The van der Waals surface area contributed by atoms with Crippen molar-refractivity contribution < 1.29 is 9.59 Å². The maximum Gasteiger partial charge on any atom is 0.253 e. The minimum absolute atomic E-state index is 0.140. The summed E-state index contributed by atoms with van der Waals surface area (Å²) in [5.41, 5.74) is 3.97. The molecule has 2 rings (SSSR count). The van der Waals surface area contributed by atoms with E-state index in [1.54, 1.807) is 24.3 Å². The normalized spacial score (nSPS) is 11.1. The average Bonchev–Trinajstić information content (AvgIpc) is 2.49. The Hall–Kier alpha value is -2.62. The SMILES string of the molecule is Cc1ccc(CC(=O)Nc2ccccc2C(=O)NC(C)(C)C)cc1C. The molecule has 2 N–H and O–H groups in total. The van der Waals surface area contributed by atoms with Crippen LogP contribution in [0.5, 0.6) is 0 Å². The lowest BCUT2D eigenvalue weighted by molar-refractivity contribution is -0.115. The van der Waals surface area contributed by atoms with Crippen LogP contribution in [0.3, 0.4) is 0 Å². The molecule has 0 bridgehead atoms. The average molecular weight is 338 g/mol. The Morgan fingerprint density at radius 1 is 0.960 bits per heavy atom. The van der Waals surface area contributed by atoms with Crippen LogP contribution in [-0.2, 0) is 11.2 Å². The van der Waals surface area contributed by atoms with E-state index in [-0.39, 0.29) is 23.8 Å². The summed E-state index contributed by atoms with van der Waals surface area (Å²) in [5.74, 6) is -0.339. The molecule has 2 aromatic carbocycles. The van der Waals surface area contributed by atoms with Crippen LogP contribution in [0, 0.1) is 13.8 Å². The maximum absolute atomic E-state index is 12.4. The second-order valence-corrected chi connectivity index (χ2v) is 7.39. The van der Waals surface area contributed by atoms with Gasteiger partial charge >= 0.3 is 0 Å². The Balaban J connectivity index is 2.13. The first-order valence-corrected chi connectivity index (χ1v) is 8.43. The molecule has 0 saturated heterocycles. The van der Waals surface area contributed by atoms with E-state index in [1.807, 2.05) is 52.8 Å². The van der Waals surface area contributed by atoms with Gasteiger partial charge in [0.1, 0.15) is 0 Å². The van der Waals surface area contributed by atoms with Crippen LogP contribution >= 0.6 is 0 Å². The van der Waals surface area contributed by atoms with Gasteiger partial charge < -0.3 is 10.6 Å². The summed E-state index contributed by atoms with van der Waals surface area (Å²) in [6, 6.07) is 13.1. The third-order valence-electron chi connectivity index (χ3n) is 3.87. The van der Waals surface area contributed by atoms with Gasteiger partial charge in [-0.1, -0.05) is 30.3 Å². The molecule has 0 fully saturated rings. The number of carbonyl (C=O) groups excluding carboxylic acids is 2. The number of para-hydroxylation sites is 1. The zero-order chi connectivity index (χ0) is 18.6. The third kappa shape index (κ3) is 5.45. The highest BCUT2D eigenvalue weighted by molar-refractivity contribution is 6.04. The fourth-order valence-corrected chi connectivity index (χ4v) is 2.49. The van der Waals surface area contributed by atoms with Crippen LogP contribution < -0.4 is 10.6 Å². The number of benzene rings is 2. The highest BCUT2D eigenvalue weighted by Crippen LogP contribution is 2.17. The van der Waals surface area contributed by atoms with Crippen molar-refractivity contribution in [2.45, 2.75) is 46.6 Å². The van der Waals surface area contributed by atoms with Crippen LogP contribution in [0.15, 0.2) is 42.5 Å². The Morgan fingerprint density at radius 2 is 1.64 bits per heavy atom. The van der Waals surface area contributed by atoms with Crippen molar-refractivity contribution >= 4 is 17.5 Å². The van der Waals surface area contributed by atoms with Gasteiger partial charge in [0, 0.05) is 5.54 Å². The molecule has 0 atom stereocenters. The van der Waals surface area contributed by atoms with E-state index in [0.717, 1.165) is 11.1 Å². The van der Waals surface area contributed by atoms with Gasteiger partial charge in [0.25, 0.3) is 5.91 Å². The van der Waals surface area contributed by atoms with E-state index in [2.05, 4.69) is 10.6 Å². The summed E-state index contributed by atoms with van der Waals surface area (Å²) in [5, 5.41) is 5.78. The van der Waals surface area contributed by atoms with Gasteiger partial charge in [0.05, 0.1) is 17.7 Å². The van der Waals surface area contributed by atoms with Crippen LogP contribution in [0.4, 0.5) is 5.69 Å². The van der Waals surface area contributed by atoms with Crippen molar-refractivity contribution in [2.24, 2.45) is 0 Å². The molecular weight excluding hydrogens is 312 g/mol. The standard InChI is InChI=1S/C21H26N2O2/c1-14-10-11-16(12-15(14)2)13-19(24)22-18-9-7-6-8-17(18)20(25)23-21(3,4)5/h6-12H,13H2,1-5H3,(H,22,24)(H,23,25). The van der Waals surface area contributed by atoms with Crippen molar-refractivity contribution in [3.63, 3.8) is 0 Å². The number of amides is 2. The van der Waals surface area contributed by atoms with E-state index in [0.29, 0.717) is 11.3 Å². The van der Waals surface area contributed by atoms with Gasteiger partial charge in [-0.25, -0.2) is 0 Å². The highest BCUT2D eigenvalue weighted by atomic mass is 16.2. The molecule has 4 nitrogen and oxygen atoms in total. The lowest BCUT2D eigenvalue weighted by Gasteiger charge is -2.21. The molecule has 0 aliphatic heterocycles. The van der Waals surface area contributed by atoms with Gasteiger partial charge in [-0.2, -0.15) is 0 Å². The summed E-state index contributed by atoms with van der Waals surface area (Å²) < 4.78 is 0. The molecule has 0 aromatic heterocycles. The van der Waals surface area contributed by atoms with Crippen LogP contribution in [0.25, 0.3) is 0 Å². The van der Waals surface area contributed by atoms with E-state index in [4.69, 9.17) is 0 Å². The van der Waals surface area contributed by atoms with E-state index in [1.165, 1.54) is 5.56 Å². The number of nitrogens with one attached hydrogen (secondary N) is 2. The summed E-state index contributed by atoms with van der Waals surface area (Å²) in [4.78, 5) is 24.8. The van der Waals surface area contributed by atoms with Crippen molar-refractivity contribution in [3.05, 3.63) is 64.7 Å². The van der Waals surface area contributed by atoms with Gasteiger partial charge in [-0.05, 0) is 63.4 Å². The molecule has 0 unspecified atom stereocenters. The number of anilines is 1. The summed E-state index contributed by atoms with van der Waals surface area (Å²) >= 11 is 0. The molecule has 0 saturated carbocycles. The van der Waals surface area contributed by atoms with E-state index >= 15 is 0 Å². The first-order chi connectivity index (χ1) is 11.7. The number of hydrogen-bond acceptors (Lipinski definition) is 2. The molecule has 0 aliphatic rings. The van der Waals surface area contributed by atoms with Crippen molar-refractivity contribution in [1.82, 2.24) is 5.32 Å². The topological polar surface area (TPSA) is 58.2 Å². The molecule has 25 heavy (non-hydrogen) atoms. The molecule has 132 valence electrons. The quantitative estimate of drug-likeness (QED) is 0.885. The fourth-order valence-electron chi connectivity index (χ4n) is 2.49. The lowest BCUT2D eigenvalue weighted by atomic mass is 10.0. The molecular formula is C21H26N2O2. The number of aryl methyl sites for hydroxylation is 2. The molecule has 0 radical (unpaired) electrons. The lowest BCUT2D eigenvalue weighted by Crippen LogP contribution is -2.40. The minimum Gasteiger partial charge on any atom is -0.347 e. The smallest absolute Gasteiger partial charge is 0.253 e. The first kappa shape index (κ1) is 18.7. The first-order valence-electron chi connectivity index (χ1n) is 8.43.